The quantitative estimate of drug-likeness (QED) is 0.463. The molecule has 0 aromatic heterocycles. The molecule has 150 valence electrons. The van der Waals surface area contributed by atoms with E-state index in [1.807, 2.05) is 30.3 Å². The average molecular weight is 411 g/mol. The van der Waals surface area contributed by atoms with Crippen LogP contribution < -0.4 is 0 Å². The average Bonchev–Trinajstić information content (AvgIpc) is 2.78. The summed E-state index contributed by atoms with van der Waals surface area (Å²) in [4.78, 5) is 0.728. The summed E-state index contributed by atoms with van der Waals surface area (Å²) in [6.07, 6.45) is 5.18. The van der Waals surface area contributed by atoms with Gasteiger partial charge in [-0.3, -0.25) is 4.21 Å². The van der Waals surface area contributed by atoms with E-state index in [1.54, 1.807) is 24.3 Å². The van der Waals surface area contributed by atoms with Gasteiger partial charge in [-0.2, -0.15) is 0 Å². The van der Waals surface area contributed by atoms with E-state index >= 15 is 0 Å². The highest BCUT2D eigenvalue weighted by atomic mass is 32.2. The van der Waals surface area contributed by atoms with Crippen LogP contribution in [0.15, 0.2) is 83.8 Å². The molecule has 1 unspecified atom stereocenters. The molecule has 1 saturated carbocycles. The highest BCUT2D eigenvalue weighted by Gasteiger charge is 2.48. The van der Waals surface area contributed by atoms with Crippen LogP contribution in [0.3, 0.4) is 0 Å². The van der Waals surface area contributed by atoms with E-state index in [0.717, 1.165) is 48.1 Å². The Morgan fingerprint density at radius 2 is 1.17 bits per heavy atom. The van der Waals surface area contributed by atoms with Gasteiger partial charge >= 0.3 is 0 Å². The van der Waals surface area contributed by atoms with Gasteiger partial charge in [-0.1, -0.05) is 61.7 Å². The van der Waals surface area contributed by atoms with Gasteiger partial charge < -0.3 is 0 Å². The summed E-state index contributed by atoms with van der Waals surface area (Å²) in [6, 6.07) is 22.1. The minimum Gasteiger partial charge on any atom is -0.253 e. The van der Waals surface area contributed by atoms with E-state index < -0.39 is 15.5 Å². The lowest BCUT2D eigenvalue weighted by Crippen LogP contribution is -2.42. The highest BCUT2D eigenvalue weighted by molar-refractivity contribution is 7.86. The van der Waals surface area contributed by atoms with E-state index in [4.69, 9.17) is 0 Å². The second kappa shape index (κ2) is 8.58. The largest absolute Gasteiger partial charge is 0.253 e. The molecule has 0 N–H and O–H groups in total. The van der Waals surface area contributed by atoms with Crippen LogP contribution in [-0.4, -0.2) is 4.21 Å². The predicted octanol–water partition coefficient (Wildman–Crippen LogP) is 6.60. The van der Waals surface area contributed by atoms with Crippen molar-refractivity contribution in [3.8, 4) is 0 Å². The fourth-order valence-corrected chi connectivity index (χ4v) is 6.65. The fraction of sp³-hybridized carbons (Fsp3) is 0.280. The Kier molecular flexibility index (Phi) is 5.91. The van der Waals surface area contributed by atoms with Crippen LogP contribution in [0.1, 0.15) is 43.2 Å². The Morgan fingerprint density at radius 1 is 0.690 bits per heavy atom. The van der Waals surface area contributed by atoms with E-state index in [1.165, 1.54) is 24.3 Å². The lowest BCUT2D eigenvalue weighted by molar-refractivity contribution is 0.301. The molecule has 0 bridgehead atoms. The molecular weight excluding hydrogens is 386 g/mol. The molecule has 0 heterocycles. The first-order valence-electron chi connectivity index (χ1n) is 10.1. The minimum atomic E-state index is -1.44. The van der Waals surface area contributed by atoms with Gasteiger partial charge in [0.15, 0.2) is 0 Å². The molecule has 29 heavy (non-hydrogen) atoms. The van der Waals surface area contributed by atoms with E-state index in [9.17, 15) is 13.0 Å². The Bertz CT molecular complexity index is 916. The summed E-state index contributed by atoms with van der Waals surface area (Å²) in [5.41, 5.74) is 1.64. The summed E-state index contributed by atoms with van der Waals surface area (Å²) >= 11 is 0. The van der Waals surface area contributed by atoms with Crippen molar-refractivity contribution in [2.24, 2.45) is 5.92 Å². The first-order valence-corrected chi connectivity index (χ1v) is 11.3. The Balaban J connectivity index is 1.99. The third-order valence-corrected chi connectivity index (χ3v) is 8.07. The summed E-state index contributed by atoms with van der Waals surface area (Å²) in [5.74, 6) is -0.528. The topological polar surface area (TPSA) is 17.1 Å². The minimum absolute atomic E-state index is 0.119. The molecule has 1 aliphatic rings. The van der Waals surface area contributed by atoms with Gasteiger partial charge in [-0.25, -0.2) is 8.78 Å². The molecule has 4 rings (SSSR count). The SMILES string of the molecule is O=S(c1ccccc1)C(c1ccc(F)cc1)(c1ccc(F)cc1)C1CCCCC1. The normalized spacial score (nSPS) is 16.5. The molecule has 0 aliphatic heterocycles. The van der Waals surface area contributed by atoms with Crippen molar-refractivity contribution < 1.29 is 13.0 Å². The highest BCUT2D eigenvalue weighted by Crippen LogP contribution is 2.50. The smallest absolute Gasteiger partial charge is 0.123 e. The monoisotopic (exact) mass is 410 g/mol. The fourth-order valence-electron chi connectivity index (χ4n) is 4.64. The maximum atomic E-state index is 14.3. The summed E-state index contributed by atoms with van der Waals surface area (Å²) in [7, 11) is -1.44. The van der Waals surface area contributed by atoms with Crippen LogP contribution in [0.4, 0.5) is 8.78 Å². The Hall–Kier alpha value is -2.33. The third kappa shape index (κ3) is 3.78. The van der Waals surface area contributed by atoms with E-state index in [2.05, 4.69) is 0 Å². The summed E-state index contributed by atoms with van der Waals surface area (Å²) in [6.45, 7) is 0. The standard InChI is InChI=1S/C25H24F2OS/c26-22-15-11-20(12-16-22)25(19-7-3-1-4-8-19,21-13-17-23(27)18-14-21)29(28)24-9-5-2-6-10-24/h2,5-6,9-19H,1,3-4,7-8H2. The van der Waals surface area contributed by atoms with Gasteiger partial charge in [-0.05, 0) is 66.3 Å². The molecule has 1 fully saturated rings. The second-order valence-corrected chi connectivity index (χ2v) is 9.32. The van der Waals surface area contributed by atoms with E-state index in [0.29, 0.717) is 0 Å². The molecule has 1 atom stereocenters. The van der Waals surface area contributed by atoms with Crippen molar-refractivity contribution in [2.75, 3.05) is 0 Å². The molecule has 0 saturated heterocycles. The number of rotatable bonds is 5. The molecule has 0 radical (unpaired) electrons. The summed E-state index contributed by atoms with van der Waals surface area (Å²) in [5, 5.41) is 0. The molecular formula is C25H24F2OS. The van der Waals surface area contributed by atoms with Crippen molar-refractivity contribution in [1.82, 2.24) is 0 Å². The molecule has 3 aromatic carbocycles. The van der Waals surface area contributed by atoms with Crippen molar-refractivity contribution in [3.05, 3.63) is 102 Å². The van der Waals surface area contributed by atoms with Gasteiger partial charge in [0.1, 0.15) is 16.4 Å². The van der Waals surface area contributed by atoms with Crippen LogP contribution in [0, 0.1) is 17.6 Å². The van der Waals surface area contributed by atoms with Crippen LogP contribution in [0.2, 0.25) is 0 Å². The van der Waals surface area contributed by atoms with Crippen molar-refractivity contribution in [3.63, 3.8) is 0 Å². The second-order valence-electron chi connectivity index (χ2n) is 7.67. The van der Waals surface area contributed by atoms with E-state index in [-0.39, 0.29) is 17.6 Å². The van der Waals surface area contributed by atoms with Gasteiger partial charge in [0.05, 0.1) is 10.8 Å². The molecule has 1 aliphatic carbocycles. The number of hydrogen-bond acceptors (Lipinski definition) is 1. The first kappa shape index (κ1) is 20.0. The predicted molar refractivity (Wildman–Crippen MR) is 113 cm³/mol. The van der Waals surface area contributed by atoms with Crippen molar-refractivity contribution >= 4 is 10.8 Å². The van der Waals surface area contributed by atoms with Gasteiger partial charge in [0.25, 0.3) is 0 Å². The van der Waals surface area contributed by atoms with Crippen LogP contribution in [0.25, 0.3) is 0 Å². The lowest BCUT2D eigenvalue weighted by Gasteiger charge is -2.43. The zero-order chi connectivity index (χ0) is 20.3. The molecule has 0 amide bonds. The lowest BCUT2D eigenvalue weighted by atomic mass is 9.72. The Morgan fingerprint density at radius 3 is 1.66 bits per heavy atom. The first-order chi connectivity index (χ1) is 14.1. The molecule has 3 aromatic rings. The number of benzene rings is 3. The summed E-state index contributed by atoms with van der Waals surface area (Å²) < 4.78 is 40.9. The van der Waals surface area contributed by atoms with Crippen LogP contribution in [-0.2, 0) is 15.5 Å². The Labute approximate surface area is 173 Å². The number of halogens is 2. The molecule has 4 heteroatoms. The zero-order valence-corrected chi connectivity index (χ0v) is 17.0. The van der Waals surface area contributed by atoms with Gasteiger partial charge in [0.2, 0.25) is 0 Å². The third-order valence-electron chi connectivity index (χ3n) is 5.98. The van der Waals surface area contributed by atoms with Crippen LogP contribution in [0.5, 0.6) is 0 Å². The maximum absolute atomic E-state index is 14.3. The molecule has 1 nitrogen and oxygen atoms in total. The maximum Gasteiger partial charge on any atom is 0.123 e. The zero-order valence-electron chi connectivity index (χ0n) is 16.2. The number of hydrogen-bond donors (Lipinski definition) is 0. The van der Waals surface area contributed by atoms with Gasteiger partial charge in [0, 0.05) is 4.90 Å². The van der Waals surface area contributed by atoms with Crippen molar-refractivity contribution in [1.29, 1.82) is 0 Å². The van der Waals surface area contributed by atoms with Crippen LogP contribution >= 0.6 is 0 Å². The molecule has 0 spiro atoms. The van der Waals surface area contributed by atoms with Gasteiger partial charge in [-0.15, -0.1) is 0 Å². The van der Waals surface area contributed by atoms with Crippen molar-refractivity contribution in [2.45, 2.75) is 41.7 Å².